The summed E-state index contributed by atoms with van der Waals surface area (Å²) in [6.07, 6.45) is 0.518. The van der Waals surface area contributed by atoms with Gasteiger partial charge in [0.2, 0.25) is 0 Å². The van der Waals surface area contributed by atoms with E-state index in [2.05, 4.69) is 15.9 Å². The lowest BCUT2D eigenvalue weighted by Crippen LogP contribution is -2.16. The quantitative estimate of drug-likeness (QED) is 0.194. The number of aromatic nitrogens is 4. The molecule has 0 fully saturated rings. The molecule has 0 aliphatic heterocycles. The zero-order valence-corrected chi connectivity index (χ0v) is 24.3. The van der Waals surface area contributed by atoms with Crippen LogP contribution in [-0.4, -0.2) is 29.0 Å². The molecule has 39 heavy (non-hydrogen) atoms. The molecule has 0 aliphatic rings. The number of fused-ring (bicyclic) bond motifs is 2. The normalized spacial score (nSPS) is 13.3. The zero-order chi connectivity index (χ0) is 27.4. The van der Waals surface area contributed by atoms with E-state index in [9.17, 15) is 10.2 Å². The third kappa shape index (κ3) is 4.83. The zero-order valence-electron chi connectivity index (χ0n) is 19.7. The van der Waals surface area contributed by atoms with Crippen molar-refractivity contribution in [2.75, 3.05) is 0 Å². The molecule has 2 aromatic carbocycles. The molecular formula is C28H17BrCl4N4O2. The average molecular weight is 663 g/mol. The molecule has 11 heteroatoms. The molecule has 0 saturated carbocycles. The van der Waals surface area contributed by atoms with E-state index in [1.165, 1.54) is 0 Å². The van der Waals surface area contributed by atoms with Gasteiger partial charge in [-0.1, -0.05) is 74.5 Å². The summed E-state index contributed by atoms with van der Waals surface area (Å²) < 4.78 is 4.29. The first-order valence-electron chi connectivity index (χ1n) is 11.6. The molecule has 0 aliphatic carbocycles. The van der Waals surface area contributed by atoms with Gasteiger partial charge in [-0.05, 0) is 42.5 Å². The summed E-state index contributed by atoms with van der Waals surface area (Å²) in [5, 5.41) is 25.5. The fourth-order valence-electron chi connectivity index (χ4n) is 4.64. The maximum absolute atomic E-state index is 11.8. The second kappa shape index (κ2) is 10.4. The summed E-state index contributed by atoms with van der Waals surface area (Å²) in [4.78, 5) is 9.47. The molecule has 4 aromatic heterocycles. The highest BCUT2D eigenvalue weighted by Gasteiger charge is 2.33. The Hall–Kier alpha value is -2.62. The lowest BCUT2D eigenvalue weighted by molar-refractivity contribution is 0.0118. The summed E-state index contributed by atoms with van der Waals surface area (Å²) in [6.45, 7) is 0. The monoisotopic (exact) mass is 660 g/mol. The van der Waals surface area contributed by atoms with Crippen molar-refractivity contribution >= 4 is 73.6 Å². The van der Waals surface area contributed by atoms with Crippen LogP contribution in [0.1, 0.15) is 23.6 Å². The fraction of sp³-hybridized carbons (Fsp3) is 0.0714. The highest BCUT2D eigenvalue weighted by atomic mass is 79.9. The Morgan fingerprint density at radius 3 is 1.72 bits per heavy atom. The van der Waals surface area contributed by atoms with E-state index in [1.807, 2.05) is 24.3 Å². The number of nitrogens with zero attached hydrogens (tertiary/aromatic N) is 4. The minimum Gasteiger partial charge on any atom is -0.384 e. The fourth-order valence-corrected chi connectivity index (χ4v) is 5.71. The summed E-state index contributed by atoms with van der Waals surface area (Å²) >= 11 is 28.6. The molecule has 196 valence electrons. The number of rotatable bonds is 5. The molecule has 4 heterocycles. The molecule has 0 radical (unpaired) electrons. The van der Waals surface area contributed by atoms with Crippen molar-refractivity contribution in [3.8, 4) is 22.5 Å². The van der Waals surface area contributed by atoms with Crippen LogP contribution in [0.15, 0.2) is 83.6 Å². The lowest BCUT2D eigenvalue weighted by Gasteiger charge is -2.21. The number of hydrogen-bond acceptors (Lipinski definition) is 4. The first-order chi connectivity index (χ1) is 18.7. The highest BCUT2D eigenvalue weighted by molar-refractivity contribution is 9.10. The topological polar surface area (TPSA) is 75.1 Å². The van der Waals surface area contributed by atoms with Gasteiger partial charge in [0.05, 0.1) is 27.8 Å². The maximum atomic E-state index is 11.8. The molecular weight excluding hydrogens is 646 g/mol. The van der Waals surface area contributed by atoms with Crippen molar-refractivity contribution in [1.29, 1.82) is 0 Å². The van der Waals surface area contributed by atoms with Crippen molar-refractivity contribution < 1.29 is 10.2 Å². The summed E-state index contributed by atoms with van der Waals surface area (Å²) in [5.41, 5.74) is 3.88. The van der Waals surface area contributed by atoms with Crippen LogP contribution in [-0.2, 0) is 0 Å². The van der Waals surface area contributed by atoms with E-state index in [1.54, 1.807) is 63.7 Å². The van der Waals surface area contributed by atoms with Gasteiger partial charge in [0.1, 0.15) is 23.5 Å². The number of benzene rings is 2. The second-order valence-corrected chi connectivity index (χ2v) is 11.5. The van der Waals surface area contributed by atoms with Crippen LogP contribution in [0.5, 0.6) is 0 Å². The van der Waals surface area contributed by atoms with Crippen molar-refractivity contribution in [3.05, 3.63) is 115 Å². The average Bonchev–Trinajstić information content (AvgIpc) is 3.46. The molecule has 0 spiro atoms. The Morgan fingerprint density at radius 1 is 0.641 bits per heavy atom. The number of hydrogen-bond donors (Lipinski definition) is 2. The minimum absolute atomic E-state index is 0.323. The van der Waals surface area contributed by atoms with Crippen molar-refractivity contribution in [1.82, 2.24) is 18.8 Å². The Bertz CT molecular complexity index is 1870. The van der Waals surface area contributed by atoms with E-state index in [-0.39, 0.29) is 0 Å². The van der Waals surface area contributed by atoms with E-state index >= 15 is 0 Å². The van der Waals surface area contributed by atoms with Gasteiger partial charge in [-0.15, -0.1) is 0 Å². The summed E-state index contributed by atoms with van der Waals surface area (Å²) in [6, 6.07) is 19.3. The molecule has 6 rings (SSSR count). The molecule has 6 aromatic rings. The first-order valence-corrected chi connectivity index (χ1v) is 13.9. The van der Waals surface area contributed by atoms with E-state index < -0.39 is 12.2 Å². The van der Waals surface area contributed by atoms with E-state index in [0.29, 0.717) is 59.7 Å². The van der Waals surface area contributed by atoms with Gasteiger partial charge in [-0.3, -0.25) is 0 Å². The molecule has 0 amide bonds. The smallest absolute Gasteiger partial charge is 0.139 e. The molecule has 2 N–H and O–H groups in total. The Labute approximate surface area is 251 Å². The number of imidazole rings is 2. The van der Waals surface area contributed by atoms with Crippen LogP contribution >= 0.6 is 62.3 Å². The summed E-state index contributed by atoms with van der Waals surface area (Å²) in [7, 11) is 0. The van der Waals surface area contributed by atoms with Crippen LogP contribution in [0.2, 0.25) is 20.1 Å². The Morgan fingerprint density at radius 2 is 1.15 bits per heavy atom. The highest BCUT2D eigenvalue weighted by Crippen LogP contribution is 2.41. The van der Waals surface area contributed by atoms with Crippen molar-refractivity contribution in [2.24, 2.45) is 0 Å². The van der Waals surface area contributed by atoms with Crippen molar-refractivity contribution in [3.63, 3.8) is 0 Å². The Balaban J connectivity index is 1.57. The Kier molecular flexibility index (Phi) is 7.10. The summed E-state index contributed by atoms with van der Waals surface area (Å²) in [5.74, 6) is 0. The third-order valence-electron chi connectivity index (χ3n) is 6.41. The number of pyridine rings is 2. The van der Waals surface area contributed by atoms with Gasteiger partial charge < -0.3 is 19.0 Å². The maximum Gasteiger partial charge on any atom is 0.139 e. The van der Waals surface area contributed by atoms with Crippen LogP contribution in [0.4, 0.5) is 0 Å². The van der Waals surface area contributed by atoms with Gasteiger partial charge >= 0.3 is 0 Å². The minimum atomic E-state index is -1.45. The predicted molar refractivity (Wildman–Crippen MR) is 159 cm³/mol. The first kappa shape index (κ1) is 26.6. The van der Waals surface area contributed by atoms with Crippen LogP contribution in [0.25, 0.3) is 33.8 Å². The lowest BCUT2D eigenvalue weighted by atomic mass is 9.99. The van der Waals surface area contributed by atoms with Crippen LogP contribution in [0, 0.1) is 0 Å². The van der Waals surface area contributed by atoms with E-state index in [4.69, 9.17) is 56.4 Å². The van der Waals surface area contributed by atoms with Gasteiger partial charge in [-0.2, -0.15) is 0 Å². The second-order valence-electron chi connectivity index (χ2n) is 8.86. The predicted octanol–water partition coefficient (Wildman–Crippen LogP) is 8.46. The van der Waals surface area contributed by atoms with Gasteiger partial charge in [-0.25, -0.2) is 9.97 Å². The van der Waals surface area contributed by atoms with Gasteiger partial charge in [0.15, 0.2) is 0 Å². The SMILES string of the molecule is OC(c1c(-c2ccc(Br)cc2)nc2cc(Cl)ccn12)C(O)c1c(-c2ccc(Cl)cc2Cl)nc2cc(Cl)ccn12. The number of aliphatic hydroxyl groups is 2. The molecule has 6 nitrogen and oxygen atoms in total. The van der Waals surface area contributed by atoms with Crippen LogP contribution in [0.3, 0.4) is 0 Å². The van der Waals surface area contributed by atoms with Crippen LogP contribution < -0.4 is 0 Å². The largest absolute Gasteiger partial charge is 0.384 e. The third-order valence-corrected chi connectivity index (χ3v) is 7.96. The molecule has 2 atom stereocenters. The number of halogens is 5. The number of aliphatic hydroxyl groups excluding tert-OH is 2. The molecule has 0 saturated heterocycles. The molecule has 2 unspecified atom stereocenters. The van der Waals surface area contributed by atoms with E-state index in [0.717, 1.165) is 10.0 Å². The molecule has 0 bridgehead atoms. The van der Waals surface area contributed by atoms with Gasteiger partial charge in [0.25, 0.3) is 0 Å². The van der Waals surface area contributed by atoms with Crippen molar-refractivity contribution in [2.45, 2.75) is 12.2 Å². The van der Waals surface area contributed by atoms with Gasteiger partial charge in [0, 0.05) is 55.2 Å². The standard InChI is InChI=1S/C28H17BrCl4N4O2/c29-15-3-1-14(2-4-15)23-25(36-9-7-17(31)12-21(36)34-23)27(38)28(39)26-24(19-6-5-16(30)11-20(19)33)35-22-13-18(32)8-10-37(22)26/h1-13,27-28,38-39H.